The van der Waals surface area contributed by atoms with Crippen LogP contribution >= 0.6 is 0 Å². The van der Waals surface area contributed by atoms with E-state index in [2.05, 4.69) is 291 Å². The minimum absolute atomic E-state index is 0.00809. The first kappa shape index (κ1) is 78.9. The second-order valence-electron chi connectivity index (χ2n) is 31.2. The topological polar surface area (TPSA) is 189 Å². The molecule has 4 aliphatic rings. The van der Waals surface area contributed by atoms with Crippen molar-refractivity contribution in [2.45, 2.75) is 148 Å². The van der Waals surface area contributed by atoms with Gasteiger partial charge in [0.05, 0.1) is 28.9 Å². The summed E-state index contributed by atoms with van der Waals surface area (Å²) in [5.74, 6) is -0.576. The molecule has 17 heteroatoms. The van der Waals surface area contributed by atoms with Crippen LogP contribution in [0.4, 0.5) is 22.7 Å². The summed E-state index contributed by atoms with van der Waals surface area (Å²) in [6, 6.07) is 51.5. The Kier molecular flexibility index (Phi) is 24.7. The van der Waals surface area contributed by atoms with Gasteiger partial charge < -0.3 is 25.2 Å². The number of rotatable bonds is 34. The molecule has 15 nitrogen and oxygen atoms in total. The van der Waals surface area contributed by atoms with Gasteiger partial charge in [-0.05, 0) is 163 Å². The van der Waals surface area contributed by atoms with Gasteiger partial charge in [-0.15, -0.1) is 0 Å². The maximum atomic E-state index is 13.2. The summed E-state index contributed by atoms with van der Waals surface area (Å²) in [4.78, 5) is 31.2. The zero-order valence-electron chi connectivity index (χ0n) is 64.4. The van der Waals surface area contributed by atoms with Gasteiger partial charge in [-0.3, -0.25) is 18.7 Å². The average molecular weight is 1500 g/mol. The van der Waals surface area contributed by atoms with Crippen molar-refractivity contribution in [1.29, 1.82) is 0 Å². The standard InChI is InChI=1S/C92H104N6O9S2/c1-89(2)79(44-15-11-9-13-17-46-81-91(5,6)87-73-42-25-21-38-69(73)52-56-77(87)97(81)61-31-33-64-108(101,102)103)95(75-54-50-67-36-19-23-40-71(67)85(75)89)59-29-27-48-83(99)93-58-35-63-107-66-94-84(100)49-28-30-60-96-76-55-51-68-37-20-24-41-72(68)86(76)90(3,4)80(96)45-16-12-10-14-18-47-82-92(7,8)88-74-43-26-22-39-70(74)53-57-78(88)98(82)62-32-34-65-109(104,105)106/h9-26,36-47,50-57H,27-35,48-49,58-66H2,1-8H3,(H2-2,93,94,99,100,101,102,103,104,105,106)/p+2. The second kappa shape index (κ2) is 34.1. The molecule has 0 fully saturated rings. The van der Waals surface area contributed by atoms with Gasteiger partial charge in [0.2, 0.25) is 23.2 Å². The normalized spacial score (nSPS) is 17.3. The Bertz CT molecular complexity index is 5010. The Balaban J connectivity index is 0.595. The van der Waals surface area contributed by atoms with E-state index < -0.39 is 20.2 Å². The van der Waals surface area contributed by atoms with Crippen LogP contribution in [0.15, 0.2) is 242 Å². The summed E-state index contributed by atoms with van der Waals surface area (Å²) in [7, 11) is -8.08. The number of hydrogen-bond donors (Lipinski definition) is 4. The van der Waals surface area contributed by atoms with Crippen LogP contribution in [0.3, 0.4) is 0 Å². The molecule has 0 saturated heterocycles. The first-order chi connectivity index (χ1) is 52.3. The Labute approximate surface area is 644 Å². The third kappa shape index (κ3) is 17.8. The largest absolute Gasteiger partial charge is 0.361 e. The van der Waals surface area contributed by atoms with Crippen molar-refractivity contribution >= 4 is 109 Å². The van der Waals surface area contributed by atoms with Gasteiger partial charge in [0.15, 0.2) is 11.4 Å². The lowest BCUT2D eigenvalue weighted by Crippen LogP contribution is -2.29. The van der Waals surface area contributed by atoms with E-state index in [4.69, 9.17) is 4.74 Å². The maximum Gasteiger partial charge on any atom is 0.264 e. The molecule has 4 aliphatic heterocycles. The van der Waals surface area contributed by atoms with Crippen LogP contribution in [0.1, 0.15) is 148 Å². The van der Waals surface area contributed by atoms with E-state index in [9.17, 15) is 35.5 Å². The molecule has 8 aromatic carbocycles. The van der Waals surface area contributed by atoms with Crippen LogP contribution in [0.25, 0.3) is 43.1 Å². The third-order valence-corrected chi connectivity index (χ3v) is 23.8. The molecule has 12 rings (SSSR count). The minimum Gasteiger partial charge on any atom is -0.361 e. The van der Waals surface area contributed by atoms with Gasteiger partial charge in [-0.25, -0.2) is 0 Å². The fourth-order valence-corrected chi connectivity index (χ4v) is 18.2. The molecule has 0 saturated carbocycles. The molecule has 4 N–H and O–H groups in total. The lowest BCUT2D eigenvalue weighted by Gasteiger charge is -2.27. The number of fused-ring (bicyclic) bond motifs is 12. The Morgan fingerprint density at radius 2 is 0.780 bits per heavy atom. The smallest absolute Gasteiger partial charge is 0.264 e. The van der Waals surface area contributed by atoms with Crippen molar-refractivity contribution < 1.29 is 49.4 Å². The number of benzene rings is 8. The van der Waals surface area contributed by atoms with Crippen LogP contribution in [-0.2, 0) is 56.2 Å². The molecule has 2 amide bonds. The van der Waals surface area contributed by atoms with Gasteiger partial charge in [0.1, 0.15) is 19.8 Å². The summed E-state index contributed by atoms with van der Waals surface area (Å²) >= 11 is 0. The van der Waals surface area contributed by atoms with Crippen molar-refractivity contribution in [2.75, 3.05) is 67.4 Å². The first-order valence-electron chi connectivity index (χ1n) is 38.7. The van der Waals surface area contributed by atoms with Crippen molar-refractivity contribution in [3.05, 3.63) is 264 Å². The molecular formula is C92H106N6O9S2+2. The second-order valence-corrected chi connectivity index (χ2v) is 34.4. The highest BCUT2D eigenvalue weighted by atomic mass is 32.2. The predicted molar refractivity (Wildman–Crippen MR) is 449 cm³/mol. The van der Waals surface area contributed by atoms with Gasteiger partial charge in [0, 0.05) is 114 Å². The van der Waals surface area contributed by atoms with Crippen molar-refractivity contribution in [3.8, 4) is 0 Å². The quantitative estimate of drug-likeness (QED) is 0.00988. The van der Waals surface area contributed by atoms with Crippen LogP contribution in [0, 0.1) is 0 Å². The Morgan fingerprint density at radius 3 is 1.19 bits per heavy atom. The number of allylic oxidation sites excluding steroid dienone is 16. The zero-order valence-corrected chi connectivity index (χ0v) is 66.1. The monoisotopic (exact) mass is 1500 g/mol. The van der Waals surface area contributed by atoms with E-state index in [-0.39, 0.29) is 51.7 Å². The van der Waals surface area contributed by atoms with Crippen molar-refractivity contribution in [2.24, 2.45) is 0 Å². The number of ether oxygens (including phenoxy) is 1. The fraction of sp³-hybridized carbons (Fsp3) is 0.348. The van der Waals surface area contributed by atoms with E-state index in [1.807, 2.05) is 24.3 Å². The SMILES string of the molecule is CC1(C)C(=CC=CC=CC=CC2=[N+](CCCCS(=O)(=O)O)c3ccc4ccccc4c3C2(C)C)N(CCCCC(=O)NCCCOCNC(=O)CCCCN2/C(=C/C=C/C=C/C=C/C3=[N+](CCCCS(=O)(=O)O)c4ccc5ccccc5c4C3(C)C)C(C)(C)c3c2ccc2ccccc32)c2ccc3ccccc3c21. The number of carbonyl (C=O) groups excluding carboxylic acids is 2. The van der Waals surface area contributed by atoms with Crippen LogP contribution < -0.4 is 20.4 Å². The van der Waals surface area contributed by atoms with E-state index in [0.29, 0.717) is 77.6 Å². The first-order valence-corrected chi connectivity index (χ1v) is 41.9. The fourth-order valence-electron chi connectivity index (χ4n) is 17.1. The molecule has 0 bridgehead atoms. The molecule has 0 unspecified atom stereocenters. The molecular weight excluding hydrogens is 1400 g/mol. The van der Waals surface area contributed by atoms with Crippen LogP contribution in [0.5, 0.6) is 0 Å². The summed E-state index contributed by atoms with van der Waals surface area (Å²) in [6.07, 6.45) is 35.8. The lowest BCUT2D eigenvalue weighted by molar-refractivity contribution is -0.438. The number of carbonyl (C=O) groups is 2. The number of nitrogens with zero attached hydrogens (tertiary/aromatic N) is 4. The lowest BCUT2D eigenvalue weighted by atomic mass is 9.79. The summed E-state index contributed by atoms with van der Waals surface area (Å²) < 4.78 is 75.6. The molecule has 109 heavy (non-hydrogen) atoms. The van der Waals surface area contributed by atoms with E-state index in [1.165, 1.54) is 88.1 Å². The Morgan fingerprint density at radius 1 is 0.413 bits per heavy atom. The summed E-state index contributed by atoms with van der Waals surface area (Å²) in [5.41, 5.74) is 13.1. The van der Waals surface area contributed by atoms with Gasteiger partial charge >= 0.3 is 0 Å². The van der Waals surface area contributed by atoms with Crippen LogP contribution in [0.2, 0.25) is 0 Å². The predicted octanol–water partition coefficient (Wildman–Crippen LogP) is 18.7. The highest BCUT2D eigenvalue weighted by molar-refractivity contribution is 7.86. The van der Waals surface area contributed by atoms with E-state index in [0.717, 1.165) is 55.2 Å². The van der Waals surface area contributed by atoms with E-state index >= 15 is 0 Å². The summed E-state index contributed by atoms with van der Waals surface area (Å²) in [6.45, 7) is 21.9. The molecule has 0 aliphatic carbocycles. The van der Waals surface area contributed by atoms with Gasteiger partial charge in [0.25, 0.3) is 20.2 Å². The maximum absolute atomic E-state index is 13.2. The highest BCUT2D eigenvalue weighted by Gasteiger charge is 2.48. The van der Waals surface area contributed by atoms with Gasteiger partial charge in [-0.1, -0.05) is 198 Å². The molecule has 568 valence electrons. The third-order valence-electron chi connectivity index (χ3n) is 22.2. The number of hydrogen-bond acceptors (Lipinski definition) is 9. The zero-order chi connectivity index (χ0) is 77.1. The average Bonchev–Trinajstić information content (AvgIpc) is 1.60. The molecule has 8 aromatic rings. The summed E-state index contributed by atoms with van der Waals surface area (Å²) in [5, 5.41) is 15.6. The number of anilines is 2. The molecule has 4 heterocycles. The number of amides is 2. The van der Waals surface area contributed by atoms with Gasteiger partial charge in [-0.2, -0.15) is 26.0 Å². The number of nitrogens with one attached hydrogen (secondary N) is 2. The minimum atomic E-state index is -4.04. The number of unbranched alkanes of at least 4 members (excludes halogenated alkanes) is 4. The van der Waals surface area contributed by atoms with Crippen molar-refractivity contribution in [3.63, 3.8) is 0 Å². The van der Waals surface area contributed by atoms with Crippen LogP contribution in [-0.4, -0.2) is 116 Å². The highest BCUT2D eigenvalue weighted by Crippen LogP contribution is 2.53. The molecule has 0 aromatic heterocycles. The van der Waals surface area contributed by atoms with E-state index in [1.54, 1.807) is 0 Å². The Hall–Kier alpha value is -9.62. The molecule has 0 spiro atoms. The van der Waals surface area contributed by atoms with Crippen molar-refractivity contribution in [1.82, 2.24) is 10.6 Å². The molecule has 0 atom stereocenters. The molecule has 0 radical (unpaired) electrons.